The van der Waals surface area contributed by atoms with Gasteiger partial charge in [-0.1, -0.05) is 203 Å². The molecule has 0 radical (unpaired) electrons. The Morgan fingerprint density at radius 1 is 0.420 bits per heavy atom. The van der Waals surface area contributed by atoms with Crippen LogP contribution < -0.4 is 0 Å². The van der Waals surface area contributed by atoms with Crippen LogP contribution in [0.5, 0.6) is 0 Å². The van der Waals surface area contributed by atoms with E-state index in [1.807, 2.05) is 0 Å². The van der Waals surface area contributed by atoms with Crippen LogP contribution in [0.1, 0.15) is 179 Å². The van der Waals surface area contributed by atoms with Gasteiger partial charge in [-0.3, -0.25) is 0 Å². The van der Waals surface area contributed by atoms with Crippen LogP contribution in [0.15, 0.2) is 48.0 Å². The first-order valence-corrected chi connectivity index (χ1v) is 41.9. The van der Waals surface area contributed by atoms with Crippen molar-refractivity contribution in [2.45, 2.75) is 258 Å². The van der Waals surface area contributed by atoms with Crippen LogP contribution in [-0.4, -0.2) is 45.5 Å². The van der Waals surface area contributed by atoms with E-state index in [4.69, 9.17) is 34.7 Å². The fraction of sp³-hybridized carbons (Fsp3) is 0.793. The van der Waals surface area contributed by atoms with Gasteiger partial charge in [0, 0.05) is 24.0 Å². The maximum absolute atomic E-state index is 7.32. The zero-order valence-electron chi connectivity index (χ0n) is 49.7. The molecule has 0 spiro atoms. The predicted molar refractivity (Wildman–Crippen MR) is 316 cm³/mol. The number of fused-ring (bicyclic) bond motifs is 2. The van der Waals surface area contributed by atoms with E-state index in [-0.39, 0.29) is 27.1 Å². The Labute approximate surface area is 455 Å². The van der Waals surface area contributed by atoms with E-state index >= 15 is 0 Å². The molecule has 406 valence electrons. The molecule has 4 nitrogen and oxygen atoms in total. The second-order valence-corrected chi connectivity index (χ2v) is 50.3. The molecular weight excluding hydrogens is 1040 g/mol. The summed E-state index contributed by atoms with van der Waals surface area (Å²) in [6, 6.07) is 0. The van der Waals surface area contributed by atoms with Gasteiger partial charge >= 0.3 is 37.9 Å². The molecular formula is C58H112Cl2O4Si4Zr-4. The standard InChI is InChI=1S/2C28H53O2Si2.2CH3.2ClH.Zr/c2*1-18(2)31(19(3)4,20(5)6)29-26-16-14-15-25-27(17-24(13)28(25)26)30-32(21(7)8,22(9)10)23(11)12;;;;;/h2*14-16,18-25,27-28H,13,17H2,1-12H3;2*1H3;2*1H;/q4*-1;;;+2/p-2. The normalized spacial score (nSPS) is 25.0. The number of halogens is 2. The second-order valence-electron chi connectivity index (χ2n) is 25.0. The summed E-state index contributed by atoms with van der Waals surface area (Å²) >= 11 is -0.826. The van der Waals surface area contributed by atoms with Gasteiger partial charge in [0.15, 0.2) is 0 Å². The number of hydrogen-bond donors (Lipinski definition) is 0. The van der Waals surface area contributed by atoms with E-state index in [0.717, 1.165) is 12.8 Å². The molecule has 0 aromatic rings. The van der Waals surface area contributed by atoms with Crippen LogP contribution in [0.25, 0.3) is 0 Å². The van der Waals surface area contributed by atoms with Gasteiger partial charge in [0.1, 0.15) is 0 Å². The third-order valence-electron chi connectivity index (χ3n) is 17.7. The van der Waals surface area contributed by atoms with Crippen LogP contribution >= 0.6 is 17.0 Å². The SMILES string of the molecule is [CH2-]C1CC(O[Si](C(C)C)(C(C)C)C(C)C)C2C=CC=C(O[Si](C(C)C)(C(C)C)C(C)C)C12.[CH2-]C1CC(O[Si](C(C)C)(C(C)C)C(C)C)C2C=CC=C(O[Si](C(C)C)(C(C)C)C(C)C)C12.[CH3-].[CH3-].[Cl][Zr][Cl]. The van der Waals surface area contributed by atoms with Gasteiger partial charge in [0.25, 0.3) is 16.6 Å². The van der Waals surface area contributed by atoms with Gasteiger partial charge in [-0.2, -0.15) is 11.8 Å². The molecule has 4 rings (SSSR count). The van der Waals surface area contributed by atoms with Crippen LogP contribution in [0.3, 0.4) is 0 Å². The van der Waals surface area contributed by atoms with Gasteiger partial charge in [-0.25, -0.2) is 0 Å². The Morgan fingerprint density at radius 2 is 0.623 bits per heavy atom. The summed E-state index contributed by atoms with van der Waals surface area (Å²) in [6.07, 6.45) is 16.4. The zero-order chi connectivity index (χ0) is 51.9. The minimum absolute atomic E-state index is 0. The summed E-state index contributed by atoms with van der Waals surface area (Å²) in [5.41, 5.74) is 7.08. The van der Waals surface area contributed by atoms with Crippen LogP contribution in [0.2, 0.25) is 66.5 Å². The van der Waals surface area contributed by atoms with Crippen molar-refractivity contribution in [2.75, 3.05) is 0 Å². The molecule has 2 saturated carbocycles. The van der Waals surface area contributed by atoms with Gasteiger partial charge in [0.2, 0.25) is 16.6 Å². The Balaban J connectivity index is 0.00000123. The Kier molecular flexibility index (Phi) is 29.7. The quantitative estimate of drug-likeness (QED) is 0.0899. The molecule has 2 fully saturated rings. The summed E-state index contributed by atoms with van der Waals surface area (Å²) in [5.74, 6) is 4.58. The first-order valence-electron chi connectivity index (χ1n) is 27.0. The molecule has 8 atom stereocenters. The van der Waals surface area contributed by atoms with Crippen molar-refractivity contribution in [1.29, 1.82) is 0 Å². The molecule has 11 heteroatoms. The fourth-order valence-corrected chi connectivity index (χ4v) is 37.1. The molecule has 0 amide bonds. The molecule has 8 unspecified atom stereocenters. The molecule has 4 aliphatic rings. The van der Waals surface area contributed by atoms with Crippen LogP contribution in [-0.2, 0) is 38.6 Å². The molecule has 4 aliphatic carbocycles. The average molecular weight is 1150 g/mol. The molecule has 0 saturated heterocycles. The molecule has 0 heterocycles. The molecule has 0 N–H and O–H groups in total. The Morgan fingerprint density at radius 3 is 0.812 bits per heavy atom. The van der Waals surface area contributed by atoms with Crippen LogP contribution in [0.4, 0.5) is 0 Å². The molecule has 0 aliphatic heterocycles. The van der Waals surface area contributed by atoms with E-state index in [1.165, 1.54) is 11.5 Å². The van der Waals surface area contributed by atoms with Gasteiger partial charge in [0.05, 0.1) is 11.5 Å². The van der Waals surface area contributed by atoms with Crippen molar-refractivity contribution in [2.24, 2.45) is 35.5 Å². The van der Waals surface area contributed by atoms with Crippen molar-refractivity contribution in [3.63, 3.8) is 0 Å². The number of hydrogen-bond acceptors (Lipinski definition) is 4. The van der Waals surface area contributed by atoms with Crippen molar-refractivity contribution in [3.05, 3.63) is 76.7 Å². The van der Waals surface area contributed by atoms with E-state index in [0.29, 0.717) is 102 Å². The molecule has 69 heavy (non-hydrogen) atoms. The van der Waals surface area contributed by atoms with E-state index in [9.17, 15) is 0 Å². The summed E-state index contributed by atoms with van der Waals surface area (Å²) in [7, 11) is 2.02. The zero-order valence-corrected chi connectivity index (χ0v) is 57.7. The summed E-state index contributed by atoms with van der Waals surface area (Å²) in [4.78, 5) is 0. The van der Waals surface area contributed by atoms with Crippen molar-refractivity contribution < 1.29 is 38.6 Å². The predicted octanol–water partition coefficient (Wildman–Crippen LogP) is 20.8. The van der Waals surface area contributed by atoms with E-state index in [1.54, 1.807) is 0 Å². The van der Waals surface area contributed by atoms with Crippen LogP contribution in [0, 0.1) is 64.2 Å². The summed E-state index contributed by atoms with van der Waals surface area (Å²) in [5, 5.41) is 0. The van der Waals surface area contributed by atoms with E-state index in [2.05, 4.69) is 216 Å². The monoisotopic (exact) mass is 1140 g/mol. The van der Waals surface area contributed by atoms with E-state index < -0.39 is 54.1 Å². The van der Waals surface area contributed by atoms with Crippen molar-refractivity contribution >= 4 is 50.3 Å². The Hall–Kier alpha value is 0.811. The average Bonchev–Trinajstić information content (AvgIpc) is 3.70. The number of rotatable bonds is 20. The first-order chi connectivity index (χ1) is 30.9. The molecule has 0 bridgehead atoms. The topological polar surface area (TPSA) is 36.9 Å². The number of allylic oxidation sites excluding steroid dienone is 6. The second kappa shape index (κ2) is 29.4. The third kappa shape index (κ3) is 14.6. The maximum atomic E-state index is 7.32. The fourth-order valence-electron chi connectivity index (χ4n) is 15.3. The molecule has 0 aromatic carbocycles. The van der Waals surface area contributed by atoms with Gasteiger partial charge < -0.3 is 46.4 Å². The molecule has 0 aromatic heterocycles. The summed E-state index contributed by atoms with van der Waals surface area (Å²) in [6.45, 7) is 66.4. The van der Waals surface area contributed by atoms with Crippen molar-refractivity contribution in [1.82, 2.24) is 0 Å². The third-order valence-corrected chi connectivity index (χ3v) is 42.0. The minimum atomic E-state index is -1.99. The van der Waals surface area contributed by atoms with Gasteiger partial charge in [-0.05, 0) is 90.5 Å². The summed E-state index contributed by atoms with van der Waals surface area (Å²) < 4.78 is 29.1. The van der Waals surface area contributed by atoms with Crippen molar-refractivity contribution in [3.8, 4) is 0 Å². The Bertz CT molecular complexity index is 1420. The first kappa shape index (κ1) is 69.8. The van der Waals surface area contributed by atoms with Gasteiger partial charge in [-0.15, -0.1) is 0 Å².